The van der Waals surface area contributed by atoms with Gasteiger partial charge in [0.05, 0.1) is 36.1 Å². The molecule has 1 heterocycles. The van der Waals surface area contributed by atoms with E-state index in [1.165, 1.54) is 0 Å². The Labute approximate surface area is 126 Å². The van der Waals surface area contributed by atoms with Crippen molar-refractivity contribution in [3.05, 3.63) is 16.9 Å². The van der Waals surface area contributed by atoms with Gasteiger partial charge in [-0.2, -0.15) is 5.10 Å². The van der Waals surface area contributed by atoms with Gasteiger partial charge in [0.2, 0.25) is 0 Å². The van der Waals surface area contributed by atoms with Crippen LogP contribution in [0.3, 0.4) is 0 Å². The Balaban J connectivity index is 2.32. The van der Waals surface area contributed by atoms with Crippen molar-refractivity contribution in [2.75, 3.05) is 20.8 Å². The van der Waals surface area contributed by atoms with Crippen LogP contribution in [-0.4, -0.2) is 30.5 Å². The zero-order valence-corrected chi connectivity index (χ0v) is 14.1. The maximum absolute atomic E-state index is 6.39. The van der Waals surface area contributed by atoms with Crippen LogP contribution < -0.4 is 5.32 Å². The molecule has 114 valence electrons. The van der Waals surface area contributed by atoms with Gasteiger partial charge in [-0.05, 0) is 23.8 Å². The number of hydrogen-bond acceptors (Lipinski definition) is 3. The molecule has 0 radical (unpaired) electrons. The Morgan fingerprint density at radius 3 is 2.45 bits per heavy atom. The topological polar surface area (TPSA) is 39.1 Å². The number of ether oxygens (including phenoxy) is 1. The normalized spacial score (nSPS) is 21.9. The molecule has 0 amide bonds. The molecule has 1 atom stereocenters. The van der Waals surface area contributed by atoms with E-state index >= 15 is 0 Å². The summed E-state index contributed by atoms with van der Waals surface area (Å²) >= 11 is 6.39. The van der Waals surface area contributed by atoms with Crippen molar-refractivity contribution >= 4 is 11.6 Å². The van der Waals surface area contributed by atoms with E-state index < -0.39 is 0 Å². The molecule has 1 aliphatic carbocycles. The molecule has 20 heavy (non-hydrogen) atoms. The smallest absolute Gasteiger partial charge is 0.0834 e. The highest BCUT2D eigenvalue weighted by atomic mass is 35.5. The first-order valence-corrected chi connectivity index (χ1v) is 7.54. The minimum Gasteiger partial charge on any atom is -0.383 e. The fourth-order valence-corrected chi connectivity index (χ4v) is 3.84. The van der Waals surface area contributed by atoms with Crippen molar-refractivity contribution < 1.29 is 4.74 Å². The van der Waals surface area contributed by atoms with Crippen molar-refractivity contribution in [2.45, 2.75) is 40.3 Å². The summed E-state index contributed by atoms with van der Waals surface area (Å²) in [6.07, 6.45) is 1.74. The van der Waals surface area contributed by atoms with Gasteiger partial charge < -0.3 is 10.1 Å². The van der Waals surface area contributed by atoms with E-state index in [0.717, 1.165) is 17.3 Å². The SMILES string of the molecule is CNC(c1c(Cl)cnn1CCOC)C1C(C)(C)C1(C)C. The highest BCUT2D eigenvalue weighted by molar-refractivity contribution is 6.31. The third-order valence-corrected chi connectivity index (χ3v) is 5.70. The fraction of sp³-hybridized carbons (Fsp3) is 0.800. The molecule has 0 aromatic carbocycles. The zero-order chi connectivity index (χ0) is 15.1. The number of aromatic nitrogens is 2. The van der Waals surface area contributed by atoms with Crippen LogP contribution in [0.15, 0.2) is 6.20 Å². The van der Waals surface area contributed by atoms with Crippen LogP contribution in [0.5, 0.6) is 0 Å². The summed E-state index contributed by atoms with van der Waals surface area (Å²) in [4.78, 5) is 0. The summed E-state index contributed by atoms with van der Waals surface area (Å²) in [5.74, 6) is 0.537. The number of halogens is 1. The van der Waals surface area contributed by atoms with Crippen LogP contribution in [0.1, 0.15) is 39.4 Å². The van der Waals surface area contributed by atoms with Crippen molar-refractivity contribution in [3.8, 4) is 0 Å². The molecular formula is C15H26ClN3O. The summed E-state index contributed by atoms with van der Waals surface area (Å²) in [5.41, 5.74) is 1.66. The first kappa shape index (κ1) is 15.8. The summed E-state index contributed by atoms with van der Waals surface area (Å²) in [6.45, 7) is 10.7. The largest absolute Gasteiger partial charge is 0.383 e. The molecule has 1 unspecified atom stereocenters. The highest BCUT2D eigenvalue weighted by Crippen LogP contribution is 2.72. The number of rotatable bonds is 6. The van der Waals surface area contributed by atoms with Crippen LogP contribution in [0.4, 0.5) is 0 Å². The van der Waals surface area contributed by atoms with Crippen molar-refractivity contribution in [1.29, 1.82) is 0 Å². The van der Waals surface area contributed by atoms with Gasteiger partial charge in [-0.1, -0.05) is 39.3 Å². The molecule has 4 nitrogen and oxygen atoms in total. The van der Waals surface area contributed by atoms with Gasteiger partial charge in [0.15, 0.2) is 0 Å². The van der Waals surface area contributed by atoms with E-state index in [-0.39, 0.29) is 6.04 Å². The van der Waals surface area contributed by atoms with E-state index in [0.29, 0.717) is 23.4 Å². The van der Waals surface area contributed by atoms with Gasteiger partial charge in [-0.15, -0.1) is 0 Å². The lowest BCUT2D eigenvalue weighted by Gasteiger charge is -2.21. The first-order chi connectivity index (χ1) is 9.29. The summed E-state index contributed by atoms with van der Waals surface area (Å²) in [7, 11) is 3.70. The molecule has 0 bridgehead atoms. The second kappa shape index (κ2) is 5.32. The number of hydrogen-bond donors (Lipinski definition) is 1. The third-order valence-electron chi connectivity index (χ3n) is 5.41. The molecule has 1 aliphatic rings. The van der Waals surface area contributed by atoms with Gasteiger partial charge in [0, 0.05) is 7.11 Å². The number of nitrogens with zero attached hydrogens (tertiary/aromatic N) is 2. The molecule has 0 aliphatic heterocycles. The van der Waals surface area contributed by atoms with Crippen LogP contribution in [0, 0.1) is 16.7 Å². The predicted octanol–water partition coefficient (Wildman–Crippen LogP) is 3.13. The van der Waals surface area contributed by atoms with Crippen molar-refractivity contribution in [1.82, 2.24) is 15.1 Å². The second-order valence-electron chi connectivity index (χ2n) is 6.78. The molecule has 1 saturated carbocycles. The maximum atomic E-state index is 6.39. The first-order valence-electron chi connectivity index (χ1n) is 7.16. The van der Waals surface area contributed by atoms with Gasteiger partial charge in [-0.25, -0.2) is 0 Å². The molecule has 0 spiro atoms. The van der Waals surface area contributed by atoms with Crippen LogP contribution in [0.25, 0.3) is 0 Å². The fourth-order valence-electron chi connectivity index (χ4n) is 3.58. The molecule has 5 heteroatoms. The Hall–Kier alpha value is -0.580. The molecule has 1 aromatic heterocycles. The Bertz CT molecular complexity index is 467. The minimum atomic E-state index is 0.215. The van der Waals surface area contributed by atoms with E-state index in [2.05, 4.69) is 38.1 Å². The predicted molar refractivity (Wildman–Crippen MR) is 82.0 cm³/mol. The van der Waals surface area contributed by atoms with E-state index in [1.54, 1.807) is 13.3 Å². The van der Waals surface area contributed by atoms with Gasteiger partial charge in [0.1, 0.15) is 0 Å². The number of nitrogens with one attached hydrogen (secondary N) is 1. The van der Waals surface area contributed by atoms with Gasteiger partial charge in [-0.3, -0.25) is 4.68 Å². The van der Waals surface area contributed by atoms with Gasteiger partial charge >= 0.3 is 0 Å². The average molecular weight is 300 g/mol. The molecule has 1 aromatic rings. The lowest BCUT2D eigenvalue weighted by Crippen LogP contribution is -2.25. The van der Waals surface area contributed by atoms with E-state index in [1.807, 2.05) is 11.7 Å². The van der Waals surface area contributed by atoms with Crippen LogP contribution >= 0.6 is 11.6 Å². The van der Waals surface area contributed by atoms with E-state index in [9.17, 15) is 0 Å². The van der Waals surface area contributed by atoms with Crippen LogP contribution in [-0.2, 0) is 11.3 Å². The molecular weight excluding hydrogens is 274 g/mol. The lowest BCUT2D eigenvalue weighted by atomic mass is 10.0. The van der Waals surface area contributed by atoms with Crippen molar-refractivity contribution in [2.24, 2.45) is 16.7 Å². The second-order valence-corrected chi connectivity index (χ2v) is 7.19. The molecule has 1 N–H and O–H groups in total. The van der Waals surface area contributed by atoms with Gasteiger partial charge in [0.25, 0.3) is 0 Å². The minimum absolute atomic E-state index is 0.215. The molecule has 0 saturated heterocycles. The highest BCUT2D eigenvalue weighted by Gasteiger charge is 2.67. The summed E-state index contributed by atoms with van der Waals surface area (Å²) in [5, 5.41) is 8.58. The molecule has 2 rings (SSSR count). The quantitative estimate of drug-likeness (QED) is 0.877. The molecule has 1 fully saturated rings. The summed E-state index contributed by atoms with van der Waals surface area (Å²) < 4.78 is 7.13. The maximum Gasteiger partial charge on any atom is 0.0834 e. The average Bonchev–Trinajstić information content (AvgIpc) is 2.67. The third kappa shape index (κ3) is 2.28. The van der Waals surface area contributed by atoms with Crippen molar-refractivity contribution in [3.63, 3.8) is 0 Å². The Morgan fingerprint density at radius 1 is 1.40 bits per heavy atom. The zero-order valence-electron chi connectivity index (χ0n) is 13.3. The van der Waals surface area contributed by atoms with E-state index in [4.69, 9.17) is 16.3 Å². The van der Waals surface area contributed by atoms with Crippen LogP contribution in [0.2, 0.25) is 5.02 Å². The Morgan fingerprint density at radius 2 is 2.00 bits per heavy atom. The summed E-state index contributed by atoms with van der Waals surface area (Å²) in [6, 6.07) is 0.215. The number of methoxy groups -OCH3 is 1. The Kier molecular flexibility index (Phi) is 4.20. The monoisotopic (exact) mass is 299 g/mol. The standard InChI is InChI=1S/C15H26ClN3O/c1-14(2)13(15(14,3)4)11(17-5)12-10(16)9-18-19(12)7-8-20-6/h9,11,13,17H,7-8H2,1-6H3. The lowest BCUT2D eigenvalue weighted by molar-refractivity contribution is 0.181.